The van der Waals surface area contributed by atoms with Gasteiger partial charge in [0.25, 0.3) is 11.6 Å². The molecule has 0 radical (unpaired) electrons. The number of nitro groups is 1. The Kier molecular flexibility index (Phi) is 3.19. The molecular weight excluding hydrogens is 231 g/mol. The highest BCUT2D eigenvalue weighted by molar-refractivity contribution is 5.30. The molecule has 1 aliphatic rings. The summed E-state index contributed by atoms with van der Waals surface area (Å²) in [6, 6.07) is 0.754. The molecule has 7 heteroatoms. The maximum absolute atomic E-state index is 13.4. The molecule has 6 nitrogen and oxygen atoms in total. The summed E-state index contributed by atoms with van der Waals surface area (Å²) in [5, 5.41) is 19.9. The molecule has 1 aliphatic carbocycles. The van der Waals surface area contributed by atoms with E-state index >= 15 is 0 Å². The van der Waals surface area contributed by atoms with E-state index in [0.717, 1.165) is 18.7 Å². The fourth-order valence-corrected chi connectivity index (χ4v) is 1.79. The molecule has 92 valence electrons. The molecule has 0 spiro atoms. The van der Waals surface area contributed by atoms with E-state index in [4.69, 9.17) is 4.74 Å². The Morgan fingerprint density at radius 2 is 2.35 bits per heavy atom. The Balaban J connectivity index is 2.14. The summed E-state index contributed by atoms with van der Waals surface area (Å²) in [6.45, 7) is 0. The van der Waals surface area contributed by atoms with Crippen LogP contribution in [0, 0.1) is 15.9 Å². The first kappa shape index (κ1) is 11.7. The minimum Gasteiger partial charge on any atom is -0.470 e. The molecule has 2 unspecified atom stereocenters. The van der Waals surface area contributed by atoms with Crippen molar-refractivity contribution in [3.8, 4) is 5.88 Å². The molecule has 1 saturated carbocycles. The first-order chi connectivity index (χ1) is 8.08. The van der Waals surface area contributed by atoms with Crippen LogP contribution in [0.5, 0.6) is 5.88 Å². The molecule has 0 bridgehead atoms. The second kappa shape index (κ2) is 4.62. The number of aliphatic hydroxyl groups is 1. The van der Waals surface area contributed by atoms with Gasteiger partial charge in [0, 0.05) is 0 Å². The Labute approximate surface area is 96.2 Å². The van der Waals surface area contributed by atoms with Gasteiger partial charge in [-0.3, -0.25) is 10.1 Å². The lowest BCUT2D eigenvalue weighted by molar-refractivity contribution is -0.385. The predicted octanol–water partition coefficient (Wildman–Crippen LogP) is 1.42. The zero-order chi connectivity index (χ0) is 12.4. The number of hydrogen-bond acceptors (Lipinski definition) is 5. The standard InChI is InChI=1S/C10H11FN2O4/c11-7-4-6(13(15)16)5-12-10(7)17-9-3-1-2-8(9)14/h4-5,8-9,14H,1-3H2. The number of pyridine rings is 1. The van der Waals surface area contributed by atoms with Crippen molar-refractivity contribution >= 4 is 5.69 Å². The third kappa shape index (κ3) is 2.50. The SMILES string of the molecule is O=[N+]([O-])c1cnc(OC2CCCC2O)c(F)c1. The van der Waals surface area contributed by atoms with Gasteiger partial charge < -0.3 is 9.84 Å². The van der Waals surface area contributed by atoms with Crippen molar-refractivity contribution < 1.29 is 19.2 Å². The van der Waals surface area contributed by atoms with Crippen LogP contribution in [-0.2, 0) is 0 Å². The number of rotatable bonds is 3. The zero-order valence-corrected chi connectivity index (χ0v) is 8.88. The van der Waals surface area contributed by atoms with Gasteiger partial charge in [0.2, 0.25) is 0 Å². The zero-order valence-electron chi connectivity index (χ0n) is 8.88. The predicted molar refractivity (Wildman–Crippen MR) is 55.1 cm³/mol. The summed E-state index contributed by atoms with van der Waals surface area (Å²) >= 11 is 0. The second-order valence-electron chi connectivity index (χ2n) is 3.89. The molecular formula is C10H11FN2O4. The van der Waals surface area contributed by atoms with Crippen molar-refractivity contribution in [2.75, 3.05) is 0 Å². The topological polar surface area (TPSA) is 85.5 Å². The molecule has 2 rings (SSSR count). The second-order valence-corrected chi connectivity index (χ2v) is 3.89. The molecule has 1 fully saturated rings. The van der Waals surface area contributed by atoms with Crippen molar-refractivity contribution in [2.45, 2.75) is 31.5 Å². The number of halogens is 1. The fraction of sp³-hybridized carbons (Fsp3) is 0.500. The highest BCUT2D eigenvalue weighted by Crippen LogP contribution is 2.26. The van der Waals surface area contributed by atoms with E-state index in [0.29, 0.717) is 12.8 Å². The third-order valence-corrected chi connectivity index (χ3v) is 2.68. The number of nitrogens with zero attached hydrogens (tertiary/aromatic N) is 2. The van der Waals surface area contributed by atoms with Gasteiger partial charge in [-0.25, -0.2) is 9.37 Å². The Hall–Kier alpha value is -1.76. The molecule has 2 atom stereocenters. The minimum absolute atomic E-state index is 0.304. The summed E-state index contributed by atoms with van der Waals surface area (Å²) < 4.78 is 18.6. The number of hydrogen-bond donors (Lipinski definition) is 1. The van der Waals surface area contributed by atoms with E-state index in [1.165, 1.54) is 0 Å². The van der Waals surface area contributed by atoms with Crippen LogP contribution < -0.4 is 4.74 Å². The van der Waals surface area contributed by atoms with Gasteiger partial charge in [-0.05, 0) is 19.3 Å². The maximum Gasteiger partial charge on any atom is 0.290 e. The molecule has 1 aromatic rings. The summed E-state index contributed by atoms with van der Waals surface area (Å²) in [4.78, 5) is 13.2. The van der Waals surface area contributed by atoms with E-state index in [1.807, 2.05) is 0 Å². The van der Waals surface area contributed by atoms with Gasteiger partial charge in [-0.1, -0.05) is 0 Å². The summed E-state index contributed by atoms with van der Waals surface area (Å²) in [5.41, 5.74) is -0.429. The Bertz CT molecular complexity index is 440. The van der Waals surface area contributed by atoms with Gasteiger partial charge >= 0.3 is 0 Å². The van der Waals surface area contributed by atoms with Crippen molar-refractivity contribution in [1.82, 2.24) is 4.98 Å². The molecule has 0 saturated heterocycles. The highest BCUT2D eigenvalue weighted by atomic mass is 19.1. The summed E-state index contributed by atoms with van der Waals surface area (Å²) in [6.07, 6.45) is 1.85. The van der Waals surface area contributed by atoms with Gasteiger partial charge in [0.05, 0.1) is 17.1 Å². The number of ether oxygens (including phenoxy) is 1. The normalized spacial score (nSPS) is 23.6. The van der Waals surface area contributed by atoms with Crippen LogP contribution in [0.1, 0.15) is 19.3 Å². The molecule has 17 heavy (non-hydrogen) atoms. The fourth-order valence-electron chi connectivity index (χ4n) is 1.79. The Morgan fingerprint density at radius 3 is 2.88 bits per heavy atom. The van der Waals surface area contributed by atoms with Gasteiger partial charge in [0.15, 0.2) is 5.82 Å². The lowest BCUT2D eigenvalue weighted by Crippen LogP contribution is -2.26. The molecule has 0 amide bonds. The largest absolute Gasteiger partial charge is 0.470 e. The van der Waals surface area contributed by atoms with Gasteiger partial charge in [-0.2, -0.15) is 0 Å². The maximum atomic E-state index is 13.4. The summed E-state index contributed by atoms with van der Waals surface area (Å²) in [7, 11) is 0. The van der Waals surface area contributed by atoms with E-state index in [-0.39, 0.29) is 5.88 Å². The van der Waals surface area contributed by atoms with Crippen LogP contribution >= 0.6 is 0 Å². The molecule has 0 aromatic carbocycles. The van der Waals surface area contributed by atoms with E-state index in [1.54, 1.807) is 0 Å². The van der Waals surface area contributed by atoms with E-state index in [2.05, 4.69) is 4.98 Å². The average molecular weight is 242 g/mol. The lowest BCUT2D eigenvalue weighted by Gasteiger charge is -2.16. The number of aromatic nitrogens is 1. The third-order valence-electron chi connectivity index (χ3n) is 2.68. The van der Waals surface area contributed by atoms with Crippen molar-refractivity contribution in [3.05, 3.63) is 28.2 Å². The minimum atomic E-state index is -0.890. The molecule has 1 heterocycles. The van der Waals surface area contributed by atoms with E-state index in [9.17, 15) is 19.6 Å². The molecule has 0 aliphatic heterocycles. The van der Waals surface area contributed by atoms with Crippen LogP contribution in [0.25, 0.3) is 0 Å². The highest BCUT2D eigenvalue weighted by Gasteiger charge is 2.28. The first-order valence-electron chi connectivity index (χ1n) is 5.22. The van der Waals surface area contributed by atoms with Crippen LogP contribution in [0.15, 0.2) is 12.3 Å². The molecule has 1 N–H and O–H groups in total. The molecule has 1 aromatic heterocycles. The van der Waals surface area contributed by atoms with Crippen LogP contribution in [0.3, 0.4) is 0 Å². The van der Waals surface area contributed by atoms with E-state index < -0.39 is 28.6 Å². The van der Waals surface area contributed by atoms with Crippen LogP contribution in [-0.4, -0.2) is 27.2 Å². The van der Waals surface area contributed by atoms with Gasteiger partial charge in [0.1, 0.15) is 12.3 Å². The Morgan fingerprint density at radius 1 is 1.59 bits per heavy atom. The average Bonchev–Trinajstić information content (AvgIpc) is 2.67. The lowest BCUT2D eigenvalue weighted by atomic mass is 10.2. The van der Waals surface area contributed by atoms with Gasteiger partial charge in [-0.15, -0.1) is 0 Å². The number of aliphatic hydroxyl groups excluding tert-OH is 1. The van der Waals surface area contributed by atoms with Crippen molar-refractivity contribution in [2.24, 2.45) is 0 Å². The van der Waals surface area contributed by atoms with Crippen molar-refractivity contribution in [3.63, 3.8) is 0 Å². The smallest absolute Gasteiger partial charge is 0.290 e. The quantitative estimate of drug-likeness (QED) is 0.640. The van der Waals surface area contributed by atoms with Crippen LogP contribution in [0.2, 0.25) is 0 Å². The van der Waals surface area contributed by atoms with Crippen LogP contribution in [0.4, 0.5) is 10.1 Å². The van der Waals surface area contributed by atoms with Crippen molar-refractivity contribution in [1.29, 1.82) is 0 Å². The monoisotopic (exact) mass is 242 g/mol. The first-order valence-corrected chi connectivity index (χ1v) is 5.22. The summed E-state index contributed by atoms with van der Waals surface area (Å²) in [5.74, 6) is -1.19.